The maximum atomic E-state index is 9.31. The van der Waals surface area contributed by atoms with Gasteiger partial charge in [0, 0.05) is 18.7 Å². The first-order valence-electron chi connectivity index (χ1n) is 6.72. The molecule has 2 aliphatic rings. The van der Waals surface area contributed by atoms with Gasteiger partial charge < -0.3 is 5.11 Å². The van der Waals surface area contributed by atoms with Gasteiger partial charge in [-0.05, 0) is 43.7 Å². The Balaban J connectivity index is 1.68. The van der Waals surface area contributed by atoms with E-state index in [1.165, 1.54) is 24.8 Å². The van der Waals surface area contributed by atoms with Gasteiger partial charge in [-0.25, -0.2) is 0 Å². The molecule has 1 unspecified atom stereocenters. The van der Waals surface area contributed by atoms with Gasteiger partial charge in [0.05, 0.1) is 0 Å². The summed E-state index contributed by atoms with van der Waals surface area (Å²) in [7, 11) is 0. The van der Waals surface area contributed by atoms with Gasteiger partial charge in [0.15, 0.2) is 0 Å². The maximum absolute atomic E-state index is 9.31. The van der Waals surface area contributed by atoms with Crippen molar-refractivity contribution in [2.24, 2.45) is 5.92 Å². The molecule has 0 amide bonds. The monoisotopic (exact) mass is 231 g/mol. The van der Waals surface area contributed by atoms with Crippen molar-refractivity contribution >= 4 is 0 Å². The number of likely N-dealkylation sites (tertiary alicyclic amines) is 1. The van der Waals surface area contributed by atoms with Gasteiger partial charge >= 0.3 is 0 Å². The van der Waals surface area contributed by atoms with Crippen LogP contribution < -0.4 is 0 Å². The van der Waals surface area contributed by atoms with Crippen LogP contribution in [0.15, 0.2) is 30.3 Å². The van der Waals surface area contributed by atoms with E-state index in [1.54, 1.807) is 0 Å². The molecule has 1 saturated heterocycles. The zero-order valence-corrected chi connectivity index (χ0v) is 10.3. The Morgan fingerprint density at radius 2 is 2.00 bits per heavy atom. The van der Waals surface area contributed by atoms with Crippen LogP contribution in [0.2, 0.25) is 0 Å². The third-order valence-electron chi connectivity index (χ3n) is 4.45. The topological polar surface area (TPSA) is 23.5 Å². The van der Waals surface area contributed by atoms with Crippen LogP contribution in [-0.4, -0.2) is 28.7 Å². The molecule has 17 heavy (non-hydrogen) atoms. The summed E-state index contributed by atoms with van der Waals surface area (Å²) >= 11 is 0. The van der Waals surface area contributed by atoms with Gasteiger partial charge in [-0.1, -0.05) is 30.3 Å². The highest BCUT2D eigenvalue weighted by Gasteiger charge is 2.50. The quantitative estimate of drug-likeness (QED) is 0.863. The summed E-state index contributed by atoms with van der Waals surface area (Å²) in [4.78, 5) is 2.65. The molecule has 1 aliphatic heterocycles. The predicted molar refractivity (Wildman–Crippen MR) is 68.6 cm³/mol. The van der Waals surface area contributed by atoms with Crippen molar-refractivity contribution in [3.05, 3.63) is 35.9 Å². The number of rotatable bonds is 3. The molecular weight excluding hydrogens is 210 g/mol. The lowest BCUT2D eigenvalue weighted by atomic mass is 9.89. The van der Waals surface area contributed by atoms with E-state index in [0.717, 1.165) is 19.5 Å². The summed E-state index contributed by atoms with van der Waals surface area (Å²) in [6, 6.07) is 10.8. The van der Waals surface area contributed by atoms with Gasteiger partial charge in [-0.3, -0.25) is 4.90 Å². The van der Waals surface area contributed by atoms with Gasteiger partial charge in [0.2, 0.25) is 0 Å². The summed E-state index contributed by atoms with van der Waals surface area (Å²) in [5, 5.41) is 9.31. The van der Waals surface area contributed by atoms with E-state index in [2.05, 4.69) is 35.2 Å². The standard InChI is InChI=1S/C15H21NO/c17-12-14-6-9-16(15(10-14)7-8-15)11-13-4-2-1-3-5-13/h1-5,14,17H,6-12H2. The van der Waals surface area contributed by atoms with Crippen LogP contribution in [0.1, 0.15) is 31.2 Å². The summed E-state index contributed by atoms with van der Waals surface area (Å²) in [6.45, 7) is 2.61. The van der Waals surface area contributed by atoms with Crippen LogP contribution >= 0.6 is 0 Å². The van der Waals surface area contributed by atoms with Gasteiger partial charge in [-0.2, -0.15) is 0 Å². The molecule has 1 spiro atoms. The zero-order valence-electron chi connectivity index (χ0n) is 10.3. The molecule has 1 saturated carbocycles. The molecule has 1 aromatic carbocycles. The van der Waals surface area contributed by atoms with Crippen LogP contribution in [0.4, 0.5) is 0 Å². The molecule has 1 atom stereocenters. The lowest BCUT2D eigenvalue weighted by Crippen LogP contribution is -2.44. The highest BCUT2D eigenvalue weighted by Crippen LogP contribution is 2.50. The molecule has 2 nitrogen and oxygen atoms in total. The van der Waals surface area contributed by atoms with Gasteiger partial charge in [0.1, 0.15) is 0 Å². The Hall–Kier alpha value is -0.860. The highest BCUT2D eigenvalue weighted by atomic mass is 16.3. The minimum atomic E-state index is 0.376. The molecule has 3 rings (SSSR count). The molecule has 0 radical (unpaired) electrons. The number of aliphatic hydroxyl groups is 1. The van der Waals surface area contributed by atoms with Crippen LogP contribution in [0.25, 0.3) is 0 Å². The number of aliphatic hydroxyl groups excluding tert-OH is 1. The van der Waals surface area contributed by atoms with Crippen LogP contribution in [0, 0.1) is 5.92 Å². The van der Waals surface area contributed by atoms with Crippen molar-refractivity contribution in [2.45, 2.75) is 37.8 Å². The molecule has 1 heterocycles. The van der Waals surface area contributed by atoms with Crippen LogP contribution in [-0.2, 0) is 6.54 Å². The molecule has 2 fully saturated rings. The minimum Gasteiger partial charge on any atom is -0.396 e. The normalized spacial score (nSPS) is 27.2. The van der Waals surface area contributed by atoms with E-state index in [0.29, 0.717) is 18.1 Å². The van der Waals surface area contributed by atoms with Gasteiger partial charge in [-0.15, -0.1) is 0 Å². The first-order valence-corrected chi connectivity index (χ1v) is 6.72. The number of piperidine rings is 1. The number of nitrogens with zero attached hydrogens (tertiary/aromatic N) is 1. The largest absolute Gasteiger partial charge is 0.396 e. The number of benzene rings is 1. The van der Waals surface area contributed by atoms with Crippen LogP contribution in [0.5, 0.6) is 0 Å². The lowest BCUT2D eigenvalue weighted by molar-refractivity contribution is 0.0606. The smallest absolute Gasteiger partial charge is 0.0460 e. The molecule has 92 valence electrons. The zero-order chi connectivity index (χ0) is 11.7. The van der Waals surface area contributed by atoms with Crippen molar-refractivity contribution in [1.82, 2.24) is 4.90 Å². The van der Waals surface area contributed by atoms with Gasteiger partial charge in [0.25, 0.3) is 0 Å². The molecule has 0 aromatic heterocycles. The molecule has 0 bridgehead atoms. The minimum absolute atomic E-state index is 0.376. The lowest BCUT2D eigenvalue weighted by Gasteiger charge is -2.39. The summed E-state index contributed by atoms with van der Waals surface area (Å²) < 4.78 is 0. The second-order valence-electron chi connectivity index (χ2n) is 5.67. The van der Waals surface area contributed by atoms with E-state index < -0.39 is 0 Å². The average Bonchev–Trinajstić information content (AvgIpc) is 3.14. The molecule has 2 heteroatoms. The van der Waals surface area contributed by atoms with Crippen molar-refractivity contribution in [3.63, 3.8) is 0 Å². The second kappa shape index (κ2) is 4.43. The first kappa shape index (κ1) is 11.2. The molecular formula is C15H21NO. The fourth-order valence-corrected chi connectivity index (χ4v) is 3.22. The van der Waals surface area contributed by atoms with E-state index in [-0.39, 0.29) is 0 Å². The fraction of sp³-hybridized carbons (Fsp3) is 0.600. The highest BCUT2D eigenvalue weighted by molar-refractivity contribution is 5.17. The first-order chi connectivity index (χ1) is 8.32. The predicted octanol–water partition coefficient (Wildman–Crippen LogP) is 2.42. The van der Waals surface area contributed by atoms with Crippen molar-refractivity contribution < 1.29 is 5.11 Å². The third kappa shape index (κ3) is 2.24. The Morgan fingerprint density at radius 1 is 1.24 bits per heavy atom. The molecule has 1 aromatic rings. The molecule has 1 N–H and O–H groups in total. The summed E-state index contributed by atoms with van der Waals surface area (Å²) in [5.74, 6) is 0.546. The fourth-order valence-electron chi connectivity index (χ4n) is 3.22. The Morgan fingerprint density at radius 3 is 2.65 bits per heavy atom. The Kier molecular flexibility index (Phi) is 2.93. The van der Waals surface area contributed by atoms with Crippen molar-refractivity contribution in [1.29, 1.82) is 0 Å². The van der Waals surface area contributed by atoms with Crippen LogP contribution in [0.3, 0.4) is 0 Å². The van der Waals surface area contributed by atoms with E-state index in [4.69, 9.17) is 0 Å². The van der Waals surface area contributed by atoms with Crippen molar-refractivity contribution in [2.75, 3.05) is 13.2 Å². The molecule has 1 aliphatic carbocycles. The van der Waals surface area contributed by atoms with Crippen molar-refractivity contribution in [3.8, 4) is 0 Å². The summed E-state index contributed by atoms with van der Waals surface area (Å²) in [5.41, 5.74) is 1.86. The SMILES string of the molecule is OCC1CCN(Cc2ccccc2)C2(CC2)C1. The number of hydrogen-bond donors (Lipinski definition) is 1. The number of hydrogen-bond acceptors (Lipinski definition) is 2. The maximum Gasteiger partial charge on any atom is 0.0460 e. The Labute approximate surface area is 103 Å². The third-order valence-corrected chi connectivity index (χ3v) is 4.45. The van der Waals surface area contributed by atoms with E-state index >= 15 is 0 Å². The second-order valence-corrected chi connectivity index (χ2v) is 5.67. The Bertz CT molecular complexity index is 372. The average molecular weight is 231 g/mol. The van der Waals surface area contributed by atoms with E-state index in [9.17, 15) is 5.11 Å². The van der Waals surface area contributed by atoms with E-state index in [1.807, 2.05) is 0 Å². The summed E-state index contributed by atoms with van der Waals surface area (Å²) in [6.07, 6.45) is 5.02.